The van der Waals surface area contributed by atoms with Gasteiger partial charge in [-0.1, -0.05) is 0 Å². The van der Waals surface area contributed by atoms with Crippen LogP contribution < -0.4 is 10.2 Å². The first-order chi connectivity index (χ1) is 12.9. The van der Waals surface area contributed by atoms with E-state index in [1.54, 1.807) is 6.92 Å². The molecule has 0 amide bonds. The number of carbonyl (C=O) groups excluding carboxylic acids is 1. The lowest BCUT2D eigenvalue weighted by Crippen LogP contribution is -2.11. The fraction of sp³-hybridized carbons (Fsp3) is 0.176. The van der Waals surface area contributed by atoms with Gasteiger partial charge in [0.2, 0.25) is 11.6 Å². The third-order valence-electron chi connectivity index (χ3n) is 3.66. The van der Waals surface area contributed by atoms with Crippen molar-refractivity contribution in [1.29, 1.82) is 0 Å². The monoisotopic (exact) mass is 370 g/mol. The lowest BCUT2D eigenvalue weighted by molar-refractivity contribution is -0.384. The zero-order valence-corrected chi connectivity index (χ0v) is 14.4. The maximum Gasteiger partial charge on any atom is 0.362 e. The zero-order chi connectivity index (χ0) is 19.6. The molecule has 0 radical (unpaired) electrons. The van der Waals surface area contributed by atoms with Crippen LogP contribution >= 0.6 is 0 Å². The highest BCUT2D eigenvalue weighted by molar-refractivity contribution is 5.93. The first-order valence-corrected chi connectivity index (χ1v) is 7.84. The normalized spacial score (nSPS) is 10.6. The number of pyridine rings is 1. The van der Waals surface area contributed by atoms with Crippen molar-refractivity contribution >= 4 is 22.7 Å². The second-order valence-electron chi connectivity index (χ2n) is 5.33. The number of carbonyl (C=O) groups is 1. The maximum absolute atomic E-state index is 12.1. The Bertz CT molecular complexity index is 1090. The molecule has 0 aliphatic carbocycles. The van der Waals surface area contributed by atoms with E-state index in [4.69, 9.17) is 9.47 Å². The molecule has 0 saturated heterocycles. The van der Waals surface area contributed by atoms with E-state index in [9.17, 15) is 19.7 Å². The predicted molar refractivity (Wildman–Crippen MR) is 94.3 cm³/mol. The first kappa shape index (κ1) is 18.0. The molecular formula is C17H14N4O6. The fourth-order valence-electron chi connectivity index (χ4n) is 2.47. The van der Waals surface area contributed by atoms with E-state index in [0.29, 0.717) is 0 Å². The Labute approximate surface area is 152 Å². The van der Waals surface area contributed by atoms with Crippen LogP contribution in [-0.2, 0) is 4.74 Å². The van der Waals surface area contributed by atoms with Gasteiger partial charge < -0.3 is 14.0 Å². The second kappa shape index (κ2) is 7.20. The number of benzene rings is 1. The van der Waals surface area contributed by atoms with Gasteiger partial charge in [0.05, 0.1) is 29.7 Å². The summed E-state index contributed by atoms with van der Waals surface area (Å²) in [5.74, 6) is -0.807. The van der Waals surface area contributed by atoms with Crippen LogP contribution in [0, 0.1) is 10.1 Å². The van der Waals surface area contributed by atoms with E-state index in [-0.39, 0.29) is 46.0 Å². The fourth-order valence-corrected chi connectivity index (χ4v) is 2.47. The van der Waals surface area contributed by atoms with E-state index < -0.39 is 10.9 Å². The van der Waals surface area contributed by atoms with E-state index in [1.807, 2.05) is 0 Å². The number of nitrogens with zero attached hydrogens (tertiary/aromatic N) is 4. The number of nitro groups is 1. The molecule has 27 heavy (non-hydrogen) atoms. The van der Waals surface area contributed by atoms with Gasteiger partial charge in [-0.3, -0.25) is 14.9 Å². The van der Waals surface area contributed by atoms with Crippen molar-refractivity contribution in [3.05, 3.63) is 62.7 Å². The topological polar surface area (TPSA) is 126 Å². The van der Waals surface area contributed by atoms with E-state index in [1.165, 1.54) is 48.3 Å². The number of hydrogen-bond donors (Lipinski definition) is 0. The Morgan fingerprint density at radius 2 is 1.89 bits per heavy atom. The first-order valence-electron chi connectivity index (χ1n) is 7.84. The van der Waals surface area contributed by atoms with Crippen LogP contribution in [0.2, 0.25) is 0 Å². The molecule has 0 saturated carbocycles. The Hall–Kier alpha value is -3.82. The maximum atomic E-state index is 12.1. The number of ether oxygens (including phenoxy) is 2. The minimum Gasteiger partial charge on any atom is -0.479 e. The number of fused-ring (bicyclic) bond motifs is 1. The van der Waals surface area contributed by atoms with Crippen LogP contribution in [0.25, 0.3) is 16.7 Å². The summed E-state index contributed by atoms with van der Waals surface area (Å²) in [4.78, 5) is 42.7. The highest BCUT2D eigenvalue weighted by Gasteiger charge is 2.22. The van der Waals surface area contributed by atoms with Crippen molar-refractivity contribution in [1.82, 2.24) is 14.5 Å². The molecule has 0 N–H and O–H groups in total. The van der Waals surface area contributed by atoms with Crippen LogP contribution in [0.4, 0.5) is 5.69 Å². The Morgan fingerprint density at radius 3 is 2.48 bits per heavy atom. The minimum atomic E-state index is -0.716. The van der Waals surface area contributed by atoms with E-state index in [2.05, 4.69) is 9.97 Å². The molecule has 0 spiro atoms. The van der Waals surface area contributed by atoms with Gasteiger partial charge in [0.15, 0.2) is 5.43 Å². The van der Waals surface area contributed by atoms with Gasteiger partial charge in [0, 0.05) is 30.6 Å². The van der Waals surface area contributed by atoms with Gasteiger partial charge in [-0.15, -0.1) is 0 Å². The molecule has 0 fully saturated rings. The van der Waals surface area contributed by atoms with Crippen molar-refractivity contribution in [2.75, 3.05) is 13.7 Å². The summed E-state index contributed by atoms with van der Waals surface area (Å²) in [6, 6.07) is 5.19. The standard InChI is InChI=1S/C17H14N4O6/c1-3-27-17(23)15-16(26-2)19-12-9-14(21(24)25)13(8-11(12)18-15)20-6-4-10(22)5-7-20/h4-9H,3H2,1-2H3. The zero-order valence-electron chi connectivity index (χ0n) is 14.4. The van der Waals surface area contributed by atoms with Crippen LogP contribution in [0.5, 0.6) is 5.88 Å². The van der Waals surface area contributed by atoms with Crippen molar-refractivity contribution in [2.24, 2.45) is 0 Å². The number of esters is 1. The molecule has 0 atom stereocenters. The largest absolute Gasteiger partial charge is 0.479 e. The molecule has 0 aliphatic heterocycles. The molecule has 10 heteroatoms. The molecule has 2 aromatic heterocycles. The Kier molecular flexibility index (Phi) is 4.79. The molecule has 2 heterocycles. The third-order valence-corrected chi connectivity index (χ3v) is 3.66. The summed E-state index contributed by atoms with van der Waals surface area (Å²) in [6.45, 7) is 1.79. The lowest BCUT2D eigenvalue weighted by Gasteiger charge is -2.10. The lowest BCUT2D eigenvalue weighted by atomic mass is 10.2. The van der Waals surface area contributed by atoms with Crippen LogP contribution in [-0.4, -0.2) is 39.1 Å². The summed E-state index contributed by atoms with van der Waals surface area (Å²) < 4.78 is 11.4. The smallest absolute Gasteiger partial charge is 0.362 e. The van der Waals surface area contributed by atoms with Crippen molar-refractivity contribution in [3.63, 3.8) is 0 Å². The van der Waals surface area contributed by atoms with Crippen molar-refractivity contribution < 1.29 is 19.2 Å². The number of nitro benzene ring substituents is 1. The number of aromatic nitrogens is 3. The highest BCUT2D eigenvalue weighted by atomic mass is 16.6. The Morgan fingerprint density at radius 1 is 1.22 bits per heavy atom. The van der Waals surface area contributed by atoms with Gasteiger partial charge >= 0.3 is 5.97 Å². The summed E-state index contributed by atoms with van der Waals surface area (Å²) >= 11 is 0. The molecule has 0 bridgehead atoms. The quantitative estimate of drug-likeness (QED) is 0.378. The van der Waals surface area contributed by atoms with Gasteiger partial charge in [0.25, 0.3) is 5.69 Å². The van der Waals surface area contributed by atoms with Gasteiger partial charge in [-0.05, 0) is 13.0 Å². The molecule has 10 nitrogen and oxygen atoms in total. The van der Waals surface area contributed by atoms with Crippen molar-refractivity contribution in [2.45, 2.75) is 6.92 Å². The average molecular weight is 370 g/mol. The van der Waals surface area contributed by atoms with E-state index >= 15 is 0 Å². The van der Waals surface area contributed by atoms with E-state index in [0.717, 1.165) is 0 Å². The molecule has 1 aromatic carbocycles. The molecule has 3 aromatic rings. The second-order valence-corrected chi connectivity index (χ2v) is 5.33. The molecule has 0 aliphatic rings. The molecular weight excluding hydrogens is 356 g/mol. The SMILES string of the molecule is CCOC(=O)c1nc2cc(-n3ccc(=O)cc3)c([N+](=O)[O-])cc2nc1OC. The summed E-state index contributed by atoms with van der Waals surface area (Å²) in [7, 11) is 1.31. The van der Waals surface area contributed by atoms with Crippen LogP contribution in [0.15, 0.2) is 41.5 Å². The summed E-state index contributed by atoms with van der Waals surface area (Å²) in [5.41, 5.74) is -0.0296. The van der Waals surface area contributed by atoms with Crippen LogP contribution in [0.3, 0.4) is 0 Å². The number of rotatable bonds is 5. The highest BCUT2D eigenvalue weighted by Crippen LogP contribution is 2.29. The molecule has 138 valence electrons. The molecule has 3 rings (SSSR count). The van der Waals surface area contributed by atoms with Gasteiger partial charge in [0.1, 0.15) is 5.69 Å². The number of hydrogen-bond acceptors (Lipinski definition) is 8. The van der Waals surface area contributed by atoms with Crippen LogP contribution in [0.1, 0.15) is 17.4 Å². The van der Waals surface area contributed by atoms with Crippen molar-refractivity contribution in [3.8, 4) is 11.6 Å². The van der Waals surface area contributed by atoms with Gasteiger partial charge in [-0.25, -0.2) is 14.8 Å². The summed E-state index contributed by atoms with van der Waals surface area (Å²) in [5, 5.41) is 11.5. The minimum absolute atomic E-state index is 0.0913. The van der Waals surface area contributed by atoms with Gasteiger partial charge in [-0.2, -0.15) is 0 Å². The third kappa shape index (κ3) is 3.45. The average Bonchev–Trinajstić information content (AvgIpc) is 2.66. The number of methoxy groups -OCH3 is 1. The summed E-state index contributed by atoms with van der Waals surface area (Å²) in [6.07, 6.45) is 2.80. The molecule has 0 unspecified atom stereocenters. The Balaban J connectivity index is 2.28. The predicted octanol–water partition coefficient (Wildman–Crippen LogP) is 1.87.